The fraction of sp³-hybridized carbons (Fsp3) is 0.391. The topological polar surface area (TPSA) is 86.6 Å². The molecule has 1 aliphatic rings. The number of aryl methyl sites for hydroxylation is 1. The van der Waals surface area contributed by atoms with Crippen molar-refractivity contribution in [1.82, 2.24) is 9.38 Å². The quantitative estimate of drug-likeness (QED) is 0.577. The molecule has 160 valence electrons. The molecule has 6 nitrogen and oxygen atoms in total. The lowest BCUT2D eigenvalue weighted by Gasteiger charge is -2.34. The van der Waals surface area contributed by atoms with Crippen molar-refractivity contribution in [2.24, 2.45) is 0 Å². The van der Waals surface area contributed by atoms with Crippen LogP contribution in [0.5, 0.6) is 5.75 Å². The molecule has 0 aliphatic heterocycles. The number of fused-ring (bicyclic) bond motifs is 1. The second kappa shape index (κ2) is 7.63. The van der Waals surface area contributed by atoms with E-state index in [4.69, 9.17) is 0 Å². The molecule has 7 heteroatoms. The highest BCUT2D eigenvalue weighted by Gasteiger charge is 2.32. The van der Waals surface area contributed by atoms with Gasteiger partial charge in [0.05, 0.1) is 5.69 Å². The zero-order valence-electron chi connectivity index (χ0n) is 17.2. The van der Waals surface area contributed by atoms with Gasteiger partial charge in [-0.05, 0) is 42.4 Å². The number of anilines is 1. The number of aromatic nitrogens is 2. The van der Waals surface area contributed by atoms with E-state index in [-0.39, 0.29) is 23.8 Å². The Balaban J connectivity index is 0.00000272. The van der Waals surface area contributed by atoms with Crippen molar-refractivity contribution in [1.29, 1.82) is 0 Å². The first-order valence-electron chi connectivity index (χ1n) is 10.4. The molecule has 1 aliphatic carbocycles. The molecule has 30 heavy (non-hydrogen) atoms. The van der Waals surface area contributed by atoms with E-state index < -0.39 is 17.3 Å². The number of rotatable bonds is 4. The van der Waals surface area contributed by atoms with Crippen molar-refractivity contribution in [3.63, 3.8) is 0 Å². The van der Waals surface area contributed by atoms with Crippen molar-refractivity contribution >= 4 is 17.2 Å². The molecule has 2 aromatic heterocycles. The molecule has 4 rings (SSSR count). The van der Waals surface area contributed by atoms with Crippen LogP contribution in [0, 0.1) is 5.82 Å². The standard InChI is InChI=1S/C23H26FN3O3.H2/c1-3-14-9-20-25-12-15(22(30)27(20)13-14)21(29)26-18-11-19(28)16(10-17(18)24)23(2)7-5-4-6-8-23;/h9-13,25,28H,3-8H2,1-2H3,(H,26,29);1H. The van der Waals surface area contributed by atoms with E-state index in [2.05, 4.69) is 10.3 Å². The number of amides is 1. The zero-order valence-corrected chi connectivity index (χ0v) is 17.2. The van der Waals surface area contributed by atoms with Gasteiger partial charge >= 0.3 is 0 Å². The number of phenolic OH excluding ortho intramolecular Hbond substituents is 1. The van der Waals surface area contributed by atoms with E-state index in [1.807, 2.05) is 19.9 Å². The normalized spacial score (nSPS) is 16.0. The maximum absolute atomic E-state index is 14.8. The van der Waals surface area contributed by atoms with E-state index in [0.29, 0.717) is 11.2 Å². The van der Waals surface area contributed by atoms with Crippen molar-refractivity contribution in [2.75, 3.05) is 5.32 Å². The van der Waals surface area contributed by atoms with Gasteiger partial charge in [0.2, 0.25) is 0 Å². The molecular weight excluding hydrogens is 385 g/mol. The number of halogens is 1. The fourth-order valence-electron chi connectivity index (χ4n) is 4.42. The van der Waals surface area contributed by atoms with Crippen LogP contribution in [0.2, 0.25) is 0 Å². The highest BCUT2D eigenvalue weighted by atomic mass is 19.1. The fourth-order valence-corrected chi connectivity index (χ4v) is 4.42. The lowest BCUT2D eigenvalue weighted by atomic mass is 9.70. The molecular formula is C23H28FN3O3. The van der Waals surface area contributed by atoms with Crippen LogP contribution in [0.3, 0.4) is 0 Å². The largest absolute Gasteiger partial charge is 0.508 e. The van der Waals surface area contributed by atoms with Gasteiger partial charge in [0.25, 0.3) is 11.5 Å². The van der Waals surface area contributed by atoms with Gasteiger partial charge in [-0.1, -0.05) is 33.1 Å². The van der Waals surface area contributed by atoms with Gasteiger partial charge in [-0.15, -0.1) is 0 Å². The third-order valence-electron chi connectivity index (χ3n) is 6.28. The van der Waals surface area contributed by atoms with Gasteiger partial charge in [0.1, 0.15) is 22.8 Å². The van der Waals surface area contributed by atoms with Gasteiger partial charge in [0.15, 0.2) is 0 Å². The summed E-state index contributed by atoms with van der Waals surface area (Å²) >= 11 is 0. The number of H-pyrrole nitrogens is 1. The molecule has 1 fully saturated rings. The summed E-state index contributed by atoms with van der Waals surface area (Å²) in [6.45, 7) is 4.01. The molecule has 0 radical (unpaired) electrons. The SMILES string of the molecule is CCc1cc2[nH]cc(C(=O)Nc3cc(O)c(C4(C)CCCCC4)cc3F)c(=O)n2c1.[HH]. The Morgan fingerprint density at radius 1 is 1.30 bits per heavy atom. The Bertz CT molecular complexity index is 1180. The Labute approximate surface area is 175 Å². The lowest BCUT2D eigenvalue weighted by Crippen LogP contribution is -2.27. The molecule has 1 aromatic carbocycles. The number of phenols is 1. The van der Waals surface area contributed by atoms with Gasteiger partial charge < -0.3 is 15.4 Å². The molecule has 0 atom stereocenters. The summed E-state index contributed by atoms with van der Waals surface area (Å²) in [6, 6.07) is 4.38. The predicted molar refractivity (Wildman–Crippen MR) is 116 cm³/mol. The minimum absolute atomic E-state index is 0. The van der Waals surface area contributed by atoms with Crippen LogP contribution in [0.4, 0.5) is 10.1 Å². The summed E-state index contributed by atoms with van der Waals surface area (Å²) in [6.07, 6.45) is 8.76. The van der Waals surface area contributed by atoms with Crippen LogP contribution in [0.15, 0.2) is 35.4 Å². The highest BCUT2D eigenvalue weighted by Crippen LogP contribution is 2.44. The van der Waals surface area contributed by atoms with Crippen molar-refractivity contribution in [3.8, 4) is 5.75 Å². The second-order valence-corrected chi connectivity index (χ2v) is 8.39. The summed E-state index contributed by atoms with van der Waals surface area (Å²) in [5.74, 6) is -1.41. The summed E-state index contributed by atoms with van der Waals surface area (Å²) in [5, 5.41) is 13.0. The van der Waals surface area contributed by atoms with Crippen LogP contribution in [0.1, 0.15) is 68.9 Å². The van der Waals surface area contributed by atoms with E-state index in [0.717, 1.165) is 44.1 Å². The molecule has 3 aromatic rings. The summed E-state index contributed by atoms with van der Waals surface area (Å²) in [4.78, 5) is 28.3. The molecule has 2 heterocycles. The molecule has 0 saturated heterocycles. The first kappa shape index (κ1) is 20.2. The first-order chi connectivity index (χ1) is 14.3. The number of hydrogen-bond donors (Lipinski definition) is 3. The number of aromatic amines is 1. The zero-order chi connectivity index (χ0) is 21.5. The van der Waals surface area contributed by atoms with Crippen LogP contribution < -0.4 is 10.9 Å². The molecule has 1 amide bonds. The van der Waals surface area contributed by atoms with Crippen molar-refractivity contribution < 1.29 is 15.7 Å². The number of aromatic hydroxyl groups is 1. The lowest BCUT2D eigenvalue weighted by molar-refractivity contribution is 0.102. The maximum Gasteiger partial charge on any atom is 0.270 e. The average molecular weight is 413 g/mol. The minimum atomic E-state index is -0.736. The molecule has 3 N–H and O–H groups in total. The smallest absolute Gasteiger partial charge is 0.270 e. The van der Waals surface area contributed by atoms with Gasteiger partial charge in [-0.3, -0.25) is 14.0 Å². The number of nitrogens with one attached hydrogen (secondary N) is 2. The van der Waals surface area contributed by atoms with E-state index in [1.54, 1.807) is 6.20 Å². The highest BCUT2D eigenvalue weighted by molar-refractivity contribution is 6.04. The first-order valence-corrected chi connectivity index (χ1v) is 10.4. The number of benzene rings is 1. The number of carbonyl (C=O) groups is 1. The van der Waals surface area contributed by atoms with E-state index in [1.165, 1.54) is 22.7 Å². The molecule has 1 saturated carbocycles. The maximum atomic E-state index is 14.8. The van der Waals surface area contributed by atoms with Crippen LogP contribution in [0.25, 0.3) is 5.65 Å². The molecule has 0 spiro atoms. The summed E-state index contributed by atoms with van der Waals surface area (Å²) in [5.41, 5.74) is 1.06. The van der Waals surface area contributed by atoms with E-state index >= 15 is 0 Å². The molecule has 0 unspecified atom stereocenters. The van der Waals surface area contributed by atoms with Crippen molar-refractivity contribution in [2.45, 2.75) is 57.8 Å². The summed E-state index contributed by atoms with van der Waals surface area (Å²) in [7, 11) is 0. The molecule has 0 bridgehead atoms. The van der Waals surface area contributed by atoms with Crippen molar-refractivity contribution in [3.05, 3.63) is 63.5 Å². The van der Waals surface area contributed by atoms with Crippen LogP contribution in [-0.2, 0) is 11.8 Å². The third-order valence-corrected chi connectivity index (χ3v) is 6.28. The van der Waals surface area contributed by atoms with E-state index in [9.17, 15) is 19.1 Å². The Morgan fingerprint density at radius 2 is 2.03 bits per heavy atom. The Hall–Kier alpha value is -3.09. The predicted octanol–water partition coefficient (Wildman–Crippen LogP) is 4.75. The minimum Gasteiger partial charge on any atom is -0.508 e. The Kier molecular flexibility index (Phi) is 5.13. The third kappa shape index (κ3) is 3.49. The summed E-state index contributed by atoms with van der Waals surface area (Å²) < 4.78 is 16.2. The Morgan fingerprint density at radius 3 is 2.73 bits per heavy atom. The number of carbonyl (C=O) groups excluding carboxylic acids is 1. The van der Waals surface area contributed by atoms with Gasteiger partial charge in [-0.2, -0.15) is 0 Å². The number of nitrogens with zero attached hydrogens (tertiary/aromatic N) is 1. The second-order valence-electron chi connectivity index (χ2n) is 8.39. The monoisotopic (exact) mass is 413 g/mol. The average Bonchev–Trinajstić information content (AvgIpc) is 3.15. The van der Waals surface area contributed by atoms with Gasteiger partial charge in [0, 0.05) is 25.5 Å². The van der Waals surface area contributed by atoms with Gasteiger partial charge in [-0.25, -0.2) is 4.39 Å². The van der Waals surface area contributed by atoms with Crippen LogP contribution in [-0.4, -0.2) is 20.4 Å². The van der Waals surface area contributed by atoms with Crippen LogP contribution >= 0.6 is 0 Å². The number of hydrogen-bond acceptors (Lipinski definition) is 3.